The molecule has 170 valence electrons. The van der Waals surface area contributed by atoms with Crippen LogP contribution in [0, 0.1) is 5.92 Å². The van der Waals surface area contributed by atoms with Gasteiger partial charge in [-0.25, -0.2) is 8.42 Å². The van der Waals surface area contributed by atoms with Crippen LogP contribution >= 0.6 is 0 Å². The van der Waals surface area contributed by atoms with E-state index in [-0.39, 0.29) is 49.5 Å². The number of phenols is 1. The minimum absolute atomic E-state index is 0.00990. The van der Waals surface area contributed by atoms with Crippen LogP contribution in [0.25, 0.3) is 0 Å². The Kier molecular flexibility index (Phi) is 4.41. The summed E-state index contributed by atoms with van der Waals surface area (Å²) in [5.41, 5.74) is -7.76. The number of ketones is 1. The smallest absolute Gasteiger partial charge is 0.502 e. The highest BCUT2D eigenvalue weighted by Crippen LogP contribution is 2.60. The van der Waals surface area contributed by atoms with Crippen molar-refractivity contribution in [2.45, 2.75) is 72.4 Å². The van der Waals surface area contributed by atoms with Gasteiger partial charge in [0.05, 0.1) is 5.60 Å². The fourth-order valence-corrected chi connectivity index (χ4v) is 7.03. The van der Waals surface area contributed by atoms with E-state index in [0.717, 1.165) is 25.5 Å². The van der Waals surface area contributed by atoms with E-state index >= 15 is 0 Å². The van der Waals surface area contributed by atoms with Crippen LogP contribution in [-0.4, -0.2) is 59.6 Å². The number of piperidine rings is 1. The Labute approximate surface area is 178 Å². The molecule has 0 aromatic heterocycles. The van der Waals surface area contributed by atoms with E-state index in [1.807, 2.05) is 0 Å². The maximum atomic E-state index is 13.2. The molecule has 1 aromatic rings. The molecule has 10 heteroatoms. The molecule has 0 spiro atoms. The number of sulfone groups is 1. The van der Waals surface area contributed by atoms with E-state index in [1.165, 1.54) is 6.07 Å². The number of carbonyl (C=O) groups is 1. The first-order valence-corrected chi connectivity index (χ1v) is 12.0. The Balaban J connectivity index is 1.71. The molecule has 2 saturated carbocycles. The molecule has 6 nitrogen and oxygen atoms in total. The summed E-state index contributed by atoms with van der Waals surface area (Å²) in [4.78, 5) is 13.5. The Morgan fingerprint density at radius 1 is 1.19 bits per heavy atom. The van der Waals surface area contributed by atoms with Crippen LogP contribution in [0.15, 0.2) is 17.0 Å². The topological polar surface area (TPSA) is 94.9 Å². The third-order valence-corrected chi connectivity index (χ3v) is 9.35. The van der Waals surface area contributed by atoms with Crippen LogP contribution in [0.4, 0.5) is 13.2 Å². The summed E-state index contributed by atoms with van der Waals surface area (Å²) in [7, 11) is -5.79. The van der Waals surface area contributed by atoms with Crippen molar-refractivity contribution < 1.29 is 36.6 Å². The summed E-state index contributed by atoms with van der Waals surface area (Å²) < 4.78 is 63.9. The summed E-state index contributed by atoms with van der Waals surface area (Å²) >= 11 is 0. The zero-order chi connectivity index (χ0) is 22.4. The summed E-state index contributed by atoms with van der Waals surface area (Å²) in [5.74, 6) is -0.553. The van der Waals surface area contributed by atoms with Gasteiger partial charge in [-0.2, -0.15) is 13.2 Å². The fraction of sp³-hybridized carbons (Fsp3) is 0.667. The van der Waals surface area contributed by atoms with Crippen LogP contribution in [-0.2, 0) is 26.5 Å². The van der Waals surface area contributed by atoms with E-state index < -0.39 is 37.0 Å². The quantitative estimate of drug-likeness (QED) is 0.721. The maximum absolute atomic E-state index is 13.2. The molecule has 4 aliphatic rings. The van der Waals surface area contributed by atoms with Crippen molar-refractivity contribution in [1.29, 1.82) is 0 Å². The number of carbonyl (C=O) groups excluding carboxylic acids is 1. The van der Waals surface area contributed by atoms with Crippen molar-refractivity contribution in [1.82, 2.24) is 4.90 Å². The molecule has 0 amide bonds. The first-order valence-electron chi connectivity index (χ1n) is 10.6. The van der Waals surface area contributed by atoms with Gasteiger partial charge in [-0.1, -0.05) is 6.07 Å². The van der Waals surface area contributed by atoms with E-state index in [9.17, 15) is 36.6 Å². The second kappa shape index (κ2) is 6.45. The number of nitrogens with zero attached hydrogens (tertiary/aromatic N) is 1. The highest BCUT2D eigenvalue weighted by Gasteiger charge is 2.66. The summed E-state index contributed by atoms with van der Waals surface area (Å²) in [6.07, 6.45) is 2.99. The van der Waals surface area contributed by atoms with Gasteiger partial charge in [0.15, 0.2) is 0 Å². The van der Waals surface area contributed by atoms with E-state index in [0.29, 0.717) is 18.0 Å². The minimum Gasteiger partial charge on any atom is -0.506 e. The highest BCUT2D eigenvalue weighted by molar-refractivity contribution is 7.92. The maximum Gasteiger partial charge on any atom is 0.502 e. The Hall–Kier alpha value is -1.65. The molecule has 5 rings (SSSR count). The fourth-order valence-electron chi connectivity index (χ4n) is 6.18. The molecule has 1 heterocycles. The monoisotopic (exact) mass is 459 g/mol. The van der Waals surface area contributed by atoms with E-state index in [4.69, 9.17) is 0 Å². The van der Waals surface area contributed by atoms with Crippen molar-refractivity contribution in [3.05, 3.63) is 23.3 Å². The predicted octanol–water partition coefficient (Wildman–Crippen LogP) is 2.45. The number of aromatic hydroxyl groups is 1. The first-order chi connectivity index (χ1) is 14.4. The molecule has 1 saturated heterocycles. The van der Waals surface area contributed by atoms with E-state index in [2.05, 4.69) is 4.90 Å². The lowest BCUT2D eigenvalue weighted by Crippen LogP contribution is -2.73. The average Bonchev–Trinajstić information content (AvgIpc) is 3.47. The Morgan fingerprint density at radius 3 is 2.55 bits per heavy atom. The molecule has 2 N–H and O–H groups in total. The van der Waals surface area contributed by atoms with Crippen molar-refractivity contribution in [3.8, 4) is 5.75 Å². The molecule has 3 atom stereocenters. The van der Waals surface area contributed by atoms with Crippen molar-refractivity contribution in [3.63, 3.8) is 0 Å². The number of fused-ring (bicyclic) bond motifs is 1. The van der Waals surface area contributed by atoms with Gasteiger partial charge in [0.1, 0.15) is 16.4 Å². The molecule has 31 heavy (non-hydrogen) atoms. The molecular formula is C21H24F3NO5S. The van der Waals surface area contributed by atoms with Gasteiger partial charge in [-0.05, 0) is 56.2 Å². The van der Waals surface area contributed by atoms with Crippen LogP contribution in [0.1, 0.15) is 49.7 Å². The Bertz CT molecular complexity index is 1070. The lowest BCUT2D eigenvalue weighted by atomic mass is 9.49. The molecule has 0 unspecified atom stereocenters. The van der Waals surface area contributed by atoms with Crippen molar-refractivity contribution in [2.24, 2.45) is 5.92 Å². The first kappa shape index (κ1) is 21.2. The summed E-state index contributed by atoms with van der Waals surface area (Å²) in [6.45, 7) is 1.35. The predicted molar refractivity (Wildman–Crippen MR) is 103 cm³/mol. The minimum atomic E-state index is -5.79. The molecule has 2 bridgehead atoms. The Morgan fingerprint density at radius 2 is 1.90 bits per heavy atom. The normalized spacial score (nSPS) is 33.7. The lowest BCUT2D eigenvalue weighted by Gasteiger charge is -2.63. The van der Waals surface area contributed by atoms with Gasteiger partial charge in [0.2, 0.25) is 0 Å². The number of aliphatic hydroxyl groups is 1. The number of hydrogen-bond donors (Lipinski definition) is 2. The van der Waals surface area contributed by atoms with Gasteiger partial charge in [0, 0.05) is 36.4 Å². The van der Waals surface area contributed by atoms with Gasteiger partial charge in [-0.3, -0.25) is 9.69 Å². The molecule has 0 radical (unpaired) electrons. The third kappa shape index (κ3) is 2.83. The number of halogens is 3. The zero-order valence-electron chi connectivity index (χ0n) is 16.8. The van der Waals surface area contributed by atoms with Crippen molar-refractivity contribution in [2.75, 3.05) is 13.1 Å². The van der Waals surface area contributed by atoms with Gasteiger partial charge in [0.25, 0.3) is 9.84 Å². The summed E-state index contributed by atoms with van der Waals surface area (Å²) in [5, 5.41) is 22.8. The van der Waals surface area contributed by atoms with Crippen LogP contribution < -0.4 is 0 Å². The number of phenolic OH excluding ortho intramolecular Hbond substituents is 1. The number of benzene rings is 1. The number of alkyl halides is 3. The van der Waals surface area contributed by atoms with Gasteiger partial charge >= 0.3 is 5.51 Å². The zero-order valence-corrected chi connectivity index (χ0v) is 17.6. The van der Waals surface area contributed by atoms with Crippen LogP contribution in [0.3, 0.4) is 0 Å². The lowest BCUT2D eigenvalue weighted by molar-refractivity contribution is -0.173. The van der Waals surface area contributed by atoms with Crippen LogP contribution in [0.2, 0.25) is 0 Å². The average molecular weight is 459 g/mol. The molecular weight excluding hydrogens is 435 g/mol. The number of rotatable bonds is 3. The molecule has 3 fully saturated rings. The number of Topliss-reactive ketones (excluding diaryl/α,β-unsaturated/α-hetero) is 1. The summed E-state index contributed by atoms with van der Waals surface area (Å²) in [6, 6.07) is 1.78. The van der Waals surface area contributed by atoms with Gasteiger partial charge in [-0.15, -0.1) is 0 Å². The molecule has 1 aromatic carbocycles. The number of hydrogen-bond acceptors (Lipinski definition) is 6. The van der Waals surface area contributed by atoms with Crippen LogP contribution in [0.5, 0.6) is 5.75 Å². The molecule has 1 aliphatic heterocycles. The van der Waals surface area contributed by atoms with Gasteiger partial charge < -0.3 is 10.2 Å². The molecule has 3 aliphatic carbocycles. The highest BCUT2D eigenvalue weighted by atomic mass is 32.2. The third-order valence-electron chi connectivity index (χ3n) is 7.83. The SMILES string of the molecule is O=C1CC[C@@]2(O)[C@H]3Cc4ccc(S(=O)(=O)C(F)(F)F)c(O)c4[C@@]2(CCN3CC2CC2)C1. The van der Waals surface area contributed by atoms with Crippen molar-refractivity contribution >= 4 is 15.6 Å². The second-order valence-electron chi connectivity index (χ2n) is 9.53. The largest absolute Gasteiger partial charge is 0.506 e. The number of likely N-dealkylation sites (tertiary alicyclic amines) is 1. The second-order valence-corrected chi connectivity index (χ2v) is 11.4. The van der Waals surface area contributed by atoms with E-state index in [1.54, 1.807) is 0 Å². The standard InChI is InChI=1S/C21H24F3NO5S/c22-21(23,24)31(29,30)15-4-3-13-9-16-20(28)6-5-14(26)10-19(20,17(13)18(15)27)7-8-25(16)11-12-1-2-12/h3-4,12,16,27-28H,1-2,5-11H2/t16-,19-,20-/m1/s1.